The van der Waals surface area contributed by atoms with E-state index in [1.165, 1.54) is 11.6 Å². The van der Waals surface area contributed by atoms with Gasteiger partial charge in [-0.2, -0.15) is 10.4 Å². The maximum atomic E-state index is 9.42. The number of aryl methyl sites for hydroxylation is 2. The molecule has 32 heavy (non-hydrogen) atoms. The lowest BCUT2D eigenvalue weighted by molar-refractivity contribution is 0.712. The third-order valence-corrected chi connectivity index (χ3v) is 5.51. The van der Waals surface area contributed by atoms with Crippen molar-refractivity contribution in [2.75, 3.05) is 11.4 Å². The highest BCUT2D eigenvalue weighted by Crippen LogP contribution is 2.28. The van der Waals surface area contributed by atoms with Crippen LogP contribution in [0.3, 0.4) is 0 Å². The number of pyridine rings is 2. The lowest BCUT2D eigenvalue weighted by Crippen LogP contribution is -2.32. The number of hydrogen-bond acceptors (Lipinski definition) is 6. The highest BCUT2D eigenvalue weighted by molar-refractivity contribution is 6.32. The van der Waals surface area contributed by atoms with E-state index in [0.29, 0.717) is 35.1 Å². The number of nitrogens with one attached hydrogen (secondary N) is 1. The first-order chi connectivity index (χ1) is 15.2. The molecule has 7 nitrogen and oxygen atoms in total. The van der Waals surface area contributed by atoms with E-state index >= 15 is 0 Å². The smallest absolute Gasteiger partial charge is 0.158 e. The first-order valence-corrected chi connectivity index (χ1v) is 11.3. The third kappa shape index (κ3) is 5.14. The molecule has 0 saturated carbocycles. The van der Waals surface area contributed by atoms with Crippen LogP contribution in [0.5, 0.6) is 0 Å². The zero-order valence-electron chi connectivity index (χ0n) is 18.9. The summed E-state index contributed by atoms with van der Waals surface area (Å²) in [6, 6.07) is 7.71. The Morgan fingerprint density at radius 1 is 1.25 bits per heavy atom. The highest BCUT2D eigenvalue weighted by Gasteiger charge is 2.17. The van der Waals surface area contributed by atoms with Gasteiger partial charge in [-0.1, -0.05) is 44.0 Å². The summed E-state index contributed by atoms with van der Waals surface area (Å²) in [6.45, 7) is 9.52. The van der Waals surface area contributed by atoms with Crippen LogP contribution >= 0.6 is 23.2 Å². The second-order valence-electron chi connectivity index (χ2n) is 7.90. The van der Waals surface area contributed by atoms with Gasteiger partial charge in [-0.15, -0.1) is 0 Å². The summed E-state index contributed by atoms with van der Waals surface area (Å²) < 4.78 is 1.82. The third-order valence-electron chi connectivity index (χ3n) is 5.12. The van der Waals surface area contributed by atoms with E-state index in [-0.39, 0.29) is 0 Å². The average Bonchev–Trinajstić information content (AvgIpc) is 3.01. The van der Waals surface area contributed by atoms with E-state index in [0.717, 1.165) is 34.5 Å². The second kappa shape index (κ2) is 10.2. The maximum Gasteiger partial charge on any atom is 0.158 e. The van der Waals surface area contributed by atoms with Gasteiger partial charge in [0.05, 0.1) is 30.1 Å². The van der Waals surface area contributed by atoms with Crippen molar-refractivity contribution >= 4 is 39.9 Å². The number of nitriles is 1. The summed E-state index contributed by atoms with van der Waals surface area (Å²) in [4.78, 5) is 10.8. The van der Waals surface area contributed by atoms with E-state index in [9.17, 15) is 5.26 Å². The van der Waals surface area contributed by atoms with E-state index in [1.807, 2.05) is 23.6 Å². The fourth-order valence-electron chi connectivity index (χ4n) is 3.77. The van der Waals surface area contributed by atoms with Gasteiger partial charge in [0.1, 0.15) is 16.1 Å². The molecule has 0 spiro atoms. The van der Waals surface area contributed by atoms with Crippen molar-refractivity contribution in [3.05, 3.63) is 57.4 Å². The Morgan fingerprint density at radius 3 is 2.53 bits per heavy atom. The van der Waals surface area contributed by atoms with E-state index < -0.39 is 0 Å². The number of nitrogens with zero attached hydrogens (tertiary/aromatic N) is 6. The van der Waals surface area contributed by atoms with Crippen LogP contribution in [0.15, 0.2) is 30.1 Å². The summed E-state index contributed by atoms with van der Waals surface area (Å²) in [5, 5.41) is 19.0. The SMILES string of the molecule is CCCN(/C(=C\C#N)NCc1cc(C(C)C)c2c(C)nn(C)c2n1)c1cc(Cl)nc(Cl)c1. The van der Waals surface area contributed by atoms with Gasteiger partial charge in [0.15, 0.2) is 5.65 Å². The van der Waals surface area contributed by atoms with Crippen molar-refractivity contribution in [2.45, 2.75) is 46.6 Å². The standard InChI is InChI=1S/C23H27Cl2N7/c1-6-9-32(17-11-19(24)29-20(25)12-17)21(7-8-26)27-13-16-10-18(14(2)3)22-15(4)30-31(5)23(22)28-16/h7,10-12,14,27H,6,9,13H2,1-5H3/b21-7-. The Morgan fingerprint density at radius 2 is 1.94 bits per heavy atom. The van der Waals surface area contributed by atoms with E-state index in [1.54, 1.807) is 12.1 Å². The molecular formula is C23H27Cl2N7. The van der Waals surface area contributed by atoms with E-state index in [2.05, 4.69) is 48.3 Å². The van der Waals surface area contributed by atoms with Crippen LogP contribution in [0, 0.1) is 18.3 Å². The molecule has 3 aromatic rings. The molecule has 0 unspecified atom stereocenters. The zero-order chi connectivity index (χ0) is 23.4. The largest absolute Gasteiger partial charge is 0.365 e. The summed E-state index contributed by atoms with van der Waals surface area (Å²) >= 11 is 12.2. The molecule has 0 radical (unpaired) electrons. The number of halogens is 2. The van der Waals surface area contributed by atoms with Crippen molar-refractivity contribution in [3.63, 3.8) is 0 Å². The van der Waals surface area contributed by atoms with Gasteiger partial charge in [0.25, 0.3) is 0 Å². The monoisotopic (exact) mass is 471 g/mol. The van der Waals surface area contributed by atoms with Crippen LogP contribution in [0.25, 0.3) is 11.0 Å². The molecule has 1 N–H and O–H groups in total. The molecule has 0 amide bonds. The van der Waals surface area contributed by atoms with Crippen LogP contribution in [-0.2, 0) is 13.6 Å². The molecule has 168 valence electrons. The Kier molecular flexibility index (Phi) is 7.60. The van der Waals surface area contributed by atoms with Crippen molar-refractivity contribution in [1.82, 2.24) is 25.1 Å². The molecule has 0 aliphatic carbocycles. The zero-order valence-corrected chi connectivity index (χ0v) is 20.5. The van der Waals surface area contributed by atoms with Crippen LogP contribution in [0.4, 0.5) is 5.69 Å². The first-order valence-electron chi connectivity index (χ1n) is 10.5. The summed E-state index contributed by atoms with van der Waals surface area (Å²) in [7, 11) is 1.91. The molecule has 0 aliphatic heterocycles. The van der Waals surface area contributed by atoms with Gasteiger partial charge in [-0.05, 0) is 43.0 Å². The molecule has 0 aromatic carbocycles. The summed E-state index contributed by atoms with van der Waals surface area (Å²) in [5.41, 5.74) is 4.68. The number of anilines is 1. The first kappa shape index (κ1) is 23.8. The van der Waals surface area contributed by atoms with Crippen LogP contribution in [0.2, 0.25) is 10.3 Å². The van der Waals surface area contributed by atoms with Gasteiger partial charge < -0.3 is 10.2 Å². The number of allylic oxidation sites excluding steroid dienone is 1. The quantitative estimate of drug-likeness (QED) is 0.346. The average molecular weight is 472 g/mol. The topological polar surface area (TPSA) is 82.7 Å². The number of hydrogen-bond donors (Lipinski definition) is 1. The minimum atomic E-state index is 0.296. The van der Waals surface area contributed by atoms with Gasteiger partial charge in [0, 0.05) is 24.7 Å². The molecule has 3 heterocycles. The van der Waals surface area contributed by atoms with Crippen LogP contribution in [-0.4, -0.2) is 26.3 Å². The van der Waals surface area contributed by atoms with Crippen molar-refractivity contribution in [2.24, 2.45) is 7.05 Å². The van der Waals surface area contributed by atoms with Crippen LogP contribution < -0.4 is 10.2 Å². The Bertz CT molecular complexity index is 1170. The van der Waals surface area contributed by atoms with Gasteiger partial charge >= 0.3 is 0 Å². The minimum Gasteiger partial charge on any atom is -0.365 e. The summed E-state index contributed by atoms with van der Waals surface area (Å²) in [5.74, 6) is 0.968. The number of fused-ring (bicyclic) bond motifs is 1. The molecular weight excluding hydrogens is 445 g/mol. The van der Waals surface area contributed by atoms with Crippen molar-refractivity contribution in [3.8, 4) is 6.07 Å². The Hall–Kier alpha value is -2.82. The lowest BCUT2D eigenvalue weighted by atomic mass is 9.99. The fourth-order valence-corrected chi connectivity index (χ4v) is 4.21. The highest BCUT2D eigenvalue weighted by atomic mass is 35.5. The predicted molar refractivity (Wildman–Crippen MR) is 130 cm³/mol. The number of aromatic nitrogens is 4. The molecule has 9 heteroatoms. The van der Waals surface area contributed by atoms with Gasteiger partial charge in [-0.25, -0.2) is 9.97 Å². The second-order valence-corrected chi connectivity index (χ2v) is 8.67. The molecule has 0 aliphatic rings. The van der Waals surface area contributed by atoms with E-state index in [4.69, 9.17) is 28.2 Å². The maximum absolute atomic E-state index is 9.42. The number of rotatable bonds is 8. The molecule has 0 saturated heterocycles. The molecule has 3 rings (SSSR count). The molecule has 3 aromatic heterocycles. The normalized spacial score (nSPS) is 11.8. The van der Waals surface area contributed by atoms with Gasteiger partial charge in [-0.3, -0.25) is 4.68 Å². The predicted octanol–water partition coefficient (Wildman–Crippen LogP) is 5.47. The lowest BCUT2D eigenvalue weighted by Gasteiger charge is -2.27. The molecule has 0 atom stereocenters. The molecule has 0 bridgehead atoms. The van der Waals surface area contributed by atoms with Crippen LogP contribution in [0.1, 0.15) is 50.1 Å². The fraction of sp³-hybridized carbons (Fsp3) is 0.391. The summed E-state index contributed by atoms with van der Waals surface area (Å²) in [6.07, 6.45) is 2.34. The minimum absolute atomic E-state index is 0.296. The Labute approximate surface area is 198 Å². The van der Waals surface area contributed by atoms with Crippen molar-refractivity contribution < 1.29 is 0 Å². The molecule has 0 fully saturated rings. The van der Waals surface area contributed by atoms with Crippen molar-refractivity contribution in [1.29, 1.82) is 5.26 Å². The van der Waals surface area contributed by atoms with Gasteiger partial charge in [0.2, 0.25) is 0 Å². The Balaban J connectivity index is 1.96.